The molecule has 2 aromatic carbocycles. The summed E-state index contributed by atoms with van der Waals surface area (Å²) in [6.45, 7) is 8.02. The van der Waals surface area contributed by atoms with E-state index < -0.39 is 0 Å². The predicted octanol–water partition coefficient (Wildman–Crippen LogP) is 4.15. The van der Waals surface area contributed by atoms with E-state index in [1.807, 2.05) is 44.2 Å². The zero-order chi connectivity index (χ0) is 21.3. The normalized spacial score (nSPS) is 15.0. The van der Waals surface area contributed by atoms with Crippen LogP contribution in [0.1, 0.15) is 37.8 Å². The van der Waals surface area contributed by atoms with Crippen molar-refractivity contribution in [2.75, 3.05) is 26.3 Å². The van der Waals surface area contributed by atoms with Crippen LogP contribution in [0.4, 0.5) is 4.39 Å². The second-order valence-electron chi connectivity index (χ2n) is 7.54. The molecule has 0 aliphatic carbocycles. The van der Waals surface area contributed by atoms with Crippen LogP contribution >= 0.6 is 0 Å². The van der Waals surface area contributed by atoms with Crippen LogP contribution < -0.4 is 14.8 Å². The number of nitrogens with one attached hydrogen (secondary N) is 1. The van der Waals surface area contributed by atoms with Crippen molar-refractivity contribution < 1.29 is 18.7 Å². The zero-order valence-corrected chi connectivity index (χ0v) is 17.8. The van der Waals surface area contributed by atoms with Gasteiger partial charge < -0.3 is 14.8 Å². The first kappa shape index (κ1) is 22.1. The number of nitrogens with zero attached hydrogens (tertiary/aromatic N) is 1. The van der Waals surface area contributed by atoms with E-state index in [1.165, 1.54) is 12.1 Å². The highest BCUT2D eigenvalue weighted by Crippen LogP contribution is 2.28. The molecule has 1 N–H and O–H groups in total. The third-order valence-electron chi connectivity index (χ3n) is 5.35. The predicted molar refractivity (Wildman–Crippen MR) is 115 cm³/mol. The van der Waals surface area contributed by atoms with Crippen LogP contribution in [-0.2, 0) is 17.9 Å². The fourth-order valence-electron chi connectivity index (χ4n) is 3.74. The molecule has 1 fully saturated rings. The second kappa shape index (κ2) is 11.0. The minimum absolute atomic E-state index is 0.0310. The Balaban J connectivity index is 1.46. The highest BCUT2D eigenvalue weighted by Gasteiger charge is 2.24. The molecular weight excluding hydrogens is 383 g/mol. The molecule has 0 bridgehead atoms. The first-order valence-electron chi connectivity index (χ1n) is 10.7. The molecule has 5 nitrogen and oxygen atoms in total. The van der Waals surface area contributed by atoms with Gasteiger partial charge in [-0.2, -0.15) is 0 Å². The molecule has 1 saturated heterocycles. The average Bonchev–Trinajstić information content (AvgIpc) is 2.76. The van der Waals surface area contributed by atoms with E-state index in [1.54, 1.807) is 0 Å². The van der Waals surface area contributed by atoms with Gasteiger partial charge in [0.15, 0.2) is 11.5 Å². The molecule has 30 heavy (non-hydrogen) atoms. The molecular formula is C24H31FN2O3. The number of halogens is 1. The second-order valence-corrected chi connectivity index (χ2v) is 7.54. The Morgan fingerprint density at radius 2 is 1.63 bits per heavy atom. The van der Waals surface area contributed by atoms with Crippen molar-refractivity contribution in [3.8, 4) is 11.5 Å². The van der Waals surface area contributed by atoms with Gasteiger partial charge in [0.2, 0.25) is 5.91 Å². The van der Waals surface area contributed by atoms with Crippen molar-refractivity contribution in [3.63, 3.8) is 0 Å². The summed E-state index contributed by atoms with van der Waals surface area (Å²) in [5.41, 5.74) is 2.09. The number of piperidine rings is 1. The Morgan fingerprint density at radius 1 is 1.00 bits per heavy atom. The fraction of sp³-hybridized carbons (Fsp3) is 0.458. The number of hydrogen-bond acceptors (Lipinski definition) is 4. The summed E-state index contributed by atoms with van der Waals surface area (Å²) in [7, 11) is 0. The van der Waals surface area contributed by atoms with E-state index in [2.05, 4.69) is 10.2 Å². The summed E-state index contributed by atoms with van der Waals surface area (Å²) >= 11 is 0. The number of rotatable bonds is 9. The van der Waals surface area contributed by atoms with Crippen LogP contribution in [0.3, 0.4) is 0 Å². The van der Waals surface area contributed by atoms with Gasteiger partial charge in [-0.25, -0.2) is 4.39 Å². The van der Waals surface area contributed by atoms with Crippen molar-refractivity contribution in [3.05, 3.63) is 59.4 Å². The number of likely N-dealkylation sites (tertiary alicyclic amines) is 1. The van der Waals surface area contributed by atoms with Crippen molar-refractivity contribution in [1.82, 2.24) is 10.2 Å². The first-order valence-corrected chi connectivity index (χ1v) is 10.7. The van der Waals surface area contributed by atoms with Crippen LogP contribution in [0.15, 0.2) is 42.5 Å². The number of hydrogen-bond donors (Lipinski definition) is 1. The lowest BCUT2D eigenvalue weighted by Crippen LogP contribution is -2.40. The molecule has 1 heterocycles. The summed E-state index contributed by atoms with van der Waals surface area (Å²) in [5.74, 6) is 1.35. The van der Waals surface area contributed by atoms with Gasteiger partial charge in [-0.15, -0.1) is 0 Å². The van der Waals surface area contributed by atoms with Crippen LogP contribution in [0.2, 0.25) is 0 Å². The van der Waals surface area contributed by atoms with Gasteiger partial charge >= 0.3 is 0 Å². The van der Waals surface area contributed by atoms with Gasteiger partial charge in [-0.3, -0.25) is 9.69 Å². The van der Waals surface area contributed by atoms with Crippen molar-refractivity contribution in [2.45, 2.75) is 39.8 Å². The lowest BCUT2D eigenvalue weighted by Gasteiger charge is -2.31. The van der Waals surface area contributed by atoms with E-state index in [-0.39, 0.29) is 17.6 Å². The van der Waals surface area contributed by atoms with Gasteiger partial charge in [-0.05, 0) is 75.2 Å². The average molecular weight is 415 g/mol. The molecule has 162 valence electrons. The number of carbonyl (C=O) groups excluding carboxylic acids is 1. The number of ether oxygens (including phenoxy) is 2. The number of amides is 1. The first-order chi connectivity index (χ1) is 14.6. The number of benzene rings is 2. The van der Waals surface area contributed by atoms with E-state index >= 15 is 0 Å². The number of carbonyl (C=O) groups is 1. The highest BCUT2D eigenvalue weighted by atomic mass is 19.1. The lowest BCUT2D eigenvalue weighted by atomic mass is 9.95. The topological polar surface area (TPSA) is 50.8 Å². The molecule has 1 aliphatic rings. The van der Waals surface area contributed by atoms with E-state index in [4.69, 9.17) is 9.47 Å². The van der Waals surface area contributed by atoms with Gasteiger partial charge in [0.1, 0.15) is 5.82 Å². The van der Waals surface area contributed by atoms with E-state index in [9.17, 15) is 9.18 Å². The molecule has 1 amide bonds. The summed E-state index contributed by atoms with van der Waals surface area (Å²) < 4.78 is 24.3. The lowest BCUT2D eigenvalue weighted by molar-refractivity contribution is -0.126. The third kappa shape index (κ3) is 6.20. The standard InChI is InChI=1S/C24H31FN2O3/c1-3-29-22-10-7-19(15-23(22)30-4-2)16-26-24(28)20-11-13-27(14-12-20)17-18-5-8-21(25)9-6-18/h5-10,15,20H,3-4,11-14,16-17H2,1-2H3,(H,26,28). The summed E-state index contributed by atoms with van der Waals surface area (Å²) in [4.78, 5) is 14.9. The molecule has 0 unspecified atom stereocenters. The van der Waals surface area contributed by atoms with Gasteiger partial charge in [-0.1, -0.05) is 18.2 Å². The minimum Gasteiger partial charge on any atom is -0.490 e. The van der Waals surface area contributed by atoms with Crippen molar-refractivity contribution >= 4 is 5.91 Å². The molecule has 3 rings (SSSR count). The Bertz CT molecular complexity index is 818. The van der Waals surface area contributed by atoms with Crippen molar-refractivity contribution in [2.24, 2.45) is 5.92 Å². The Kier molecular flexibility index (Phi) is 8.08. The molecule has 6 heteroatoms. The summed E-state index contributed by atoms with van der Waals surface area (Å²) in [6, 6.07) is 12.4. The summed E-state index contributed by atoms with van der Waals surface area (Å²) in [6.07, 6.45) is 1.67. The van der Waals surface area contributed by atoms with E-state index in [0.717, 1.165) is 49.4 Å². The molecule has 1 aliphatic heterocycles. The van der Waals surface area contributed by atoms with Crippen LogP contribution in [0, 0.1) is 11.7 Å². The quantitative estimate of drug-likeness (QED) is 0.670. The van der Waals surface area contributed by atoms with Gasteiger partial charge in [0, 0.05) is 19.0 Å². The fourth-order valence-corrected chi connectivity index (χ4v) is 3.74. The monoisotopic (exact) mass is 414 g/mol. The smallest absolute Gasteiger partial charge is 0.223 e. The SMILES string of the molecule is CCOc1ccc(CNC(=O)C2CCN(Cc3ccc(F)cc3)CC2)cc1OCC. The van der Waals surface area contributed by atoms with Crippen LogP contribution in [0.5, 0.6) is 11.5 Å². The van der Waals surface area contributed by atoms with Gasteiger partial charge in [0.25, 0.3) is 0 Å². The molecule has 0 aromatic heterocycles. The Labute approximate surface area is 178 Å². The van der Waals surface area contributed by atoms with Crippen LogP contribution in [0.25, 0.3) is 0 Å². The highest BCUT2D eigenvalue weighted by molar-refractivity contribution is 5.78. The molecule has 0 atom stereocenters. The van der Waals surface area contributed by atoms with E-state index in [0.29, 0.717) is 25.5 Å². The van der Waals surface area contributed by atoms with Crippen molar-refractivity contribution in [1.29, 1.82) is 0 Å². The third-order valence-corrected chi connectivity index (χ3v) is 5.35. The molecule has 0 radical (unpaired) electrons. The maximum Gasteiger partial charge on any atom is 0.223 e. The molecule has 0 saturated carbocycles. The summed E-state index contributed by atoms with van der Waals surface area (Å²) in [5, 5.41) is 3.06. The largest absolute Gasteiger partial charge is 0.490 e. The van der Waals surface area contributed by atoms with Gasteiger partial charge in [0.05, 0.1) is 13.2 Å². The molecule has 0 spiro atoms. The Morgan fingerprint density at radius 3 is 2.30 bits per heavy atom. The molecule has 2 aromatic rings. The minimum atomic E-state index is -0.213. The maximum absolute atomic E-state index is 13.0. The Hall–Kier alpha value is -2.60. The zero-order valence-electron chi connectivity index (χ0n) is 17.8. The van der Waals surface area contributed by atoms with Crippen LogP contribution in [-0.4, -0.2) is 37.1 Å². The maximum atomic E-state index is 13.0.